The highest BCUT2D eigenvalue weighted by atomic mass is 14.9. The Labute approximate surface area is 189 Å². The summed E-state index contributed by atoms with van der Waals surface area (Å²) in [6.45, 7) is 28.6. The van der Waals surface area contributed by atoms with E-state index in [0.717, 1.165) is 68.8 Å². The Morgan fingerprint density at radius 3 is 2.23 bits per heavy atom. The van der Waals surface area contributed by atoms with Crippen LogP contribution in [0.15, 0.2) is 109 Å². The molecular weight excluding hydrogens is 376 g/mol. The number of aryl methyl sites for hydroxylation is 1. The van der Waals surface area contributed by atoms with Crippen molar-refractivity contribution in [3.63, 3.8) is 0 Å². The highest BCUT2D eigenvalue weighted by Gasteiger charge is 2.12. The van der Waals surface area contributed by atoms with E-state index in [1.165, 1.54) is 0 Å². The second-order valence-corrected chi connectivity index (χ2v) is 7.80. The SMILES string of the molecule is C=C/C=C(\C=C)CCC(=C)C(=C/NC)/C(C)=C(\C)C(=C)Nc1cc(C(=C)C)ccc1C. The third kappa shape index (κ3) is 7.49. The Hall–Kier alpha value is -3.26. The topological polar surface area (TPSA) is 24.1 Å². The summed E-state index contributed by atoms with van der Waals surface area (Å²) in [5.74, 6) is 0. The Kier molecular flexibility index (Phi) is 10.3. The van der Waals surface area contributed by atoms with Gasteiger partial charge in [0.2, 0.25) is 0 Å². The van der Waals surface area contributed by atoms with Crippen molar-refractivity contribution < 1.29 is 0 Å². The van der Waals surface area contributed by atoms with E-state index in [1.54, 1.807) is 6.08 Å². The number of anilines is 1. The molecule has 2 heteroatoms. The normalized spacial score (nSPS) is 12.5. The highest BCUT2D eigenvalue weighted by Crippen LogP contribution is 2.29. The molecule has 0 unspecified atom stereocenters. The molecule has 0 spiro atoms. The molecule has 2 nitrogen and oxygen atoms in total. The minimum atomic E-state index is 0.837. The van der Waals surface area contributed by atoms with Crippen molar-refractivity contribution >= 4 is 11.3 Å². The van der Waals surface area contributed by atoms with Gasteiger partial charge in [0.25, 0.3) is 0 Å². The Morgan fingerprint density at radius 2 is 1.68 bits per heavy atom. The fourth-order valence-corrected chi connectivity index (χ4v) is 3.16. The van der Waals surface area contributed by atoms with E-state index < -0.39 is 0 Å². The average molecular weight is 415 g/mol. The molecule has 0 amide bonds. The maximum absolute atomic E-state index is 4.34. The van der Waals surface area contributed by atoms with Gasteiger partial charge in [-0.2, -0.15) is 0 Å². The first-order chi connectivity index (χ1) is 14.7. The van der Waals surface area contributed by atoms with Crippen molar-refractivity contribution in [2.45, 2.75) is 40.5 Å². The van der Waals surface area contributed by atoms with E-state index in [1.807, 2.05) is 32.3 Å². The van der Waals surface area contributed by atoms with Gasteiger partial charge in [0.15, 0.2) is 0 Å². The lowest BCUT2D eigenvalue weighted by Crippen LogP contribution is -2.06. The zero-order valence-corrected chi connectivity index (χ0v) is 20.0. The van der Waals surface area contributed by atoms with Crippen LogP contribution >= 0.6 is 0 Å². The fourth-order valence-electron chi connectivity index (χ4n) is 3.16. The molecule has 0 bridgehead atoms. The smallest absolute Gasteiger partial charge is 0.0419 e. The van der Waals surface area contributed by atoms with Crippen LogP contribution in [0.2, 0.25) is 0 Å². The first-order valence-electron chi connectivity index (χ1n) is 10.6. The van der Waals surface area contributed by atoms with E-state index >= 15 is 0 Å². The second-order valence-electron chi connectivity index (χ2n) is 7.80. The monoisotopic (exact) mass is 414 g/mol. The van der Waals surface area contributed by atoms with Gasteiger partial charge in [-0.3, -0.25) is 0 Å². The fraction of sp³-hybridized carbons (Fsp3) is 0.241. The summed E-state index contributed by atoms with van der Waals surface area (Å²) < 4.78 is 0. The molecule has 0 aromatic heterocycles. The van der Waals surface area contributed by atoms with Crippen LogP contribution in [0.1, 0.15) is 44.7 Å². The van der Waals surface area contributed by atoms with Gasteiger partial charge in [-0.1, -0.05) is 68.8 Å². The summed E-state index contributed by atoms with van der Waals surface area (Å²) in [5.41, 5.74) is 10.8. The van der Waals surface area contributed by atoms with Crippen LogP contribution in [0.5, 0.6) is 0 Å². The van der Waals surface area contributed by atoms with Crippen LogP contribution in [-0.4, -0.2) is 7.05 Å². The van der Waals surface area contributed by atoms with Crippen LogP contribution in [0.25, 0.3) is 5.57 Å². The molecule has 1 rings (SSSR count). The summed E-state index contributed by atoms with van der Waals surface area (Å²) in [7, 11) is 1.90. The molecule has 0 aliphatic rings. The zero-order valence-electron chi connectivity index (χ0n) is 20.0. The quantitative estimate of drug-likeness (QED) is 0.338. The van der Waals surface area contributed by atoms with Crippen LogP contribution in [-0.2, 0) is 0 Å². The molecule has 0 saturated carbocycles. The van der Waals surface area contributed by atoms with Crippen molar-refractivity contribution in [1.82, 2.24) is 5.32 Å². The molecule has 0 radical (unpaired) electrons. The van der Waals surface area contributed by atoms with E-state index in [4.69, 9.17) is 0 Å². The largest absolute Gasteiger partial charge is 0.393 e. The highest BCUT2D eigenvalue weighted by molar-refractivity contribution is 5.69. The van der Waals surface area contributed by atoms with Crippen LogP contribution in [0.4, 0.5) is 5.69 Å². The van der Waals surface area contributed by atoms with Crippen molar-refractivity contribution in [3.8, 4) is 0 Å². The van der Waals surface area contributed by atoms with Gasteiger partial charge in [-0.15, -0.1) is 0 Å². The Morgan fingerprint density at radius 1 is 1.00 bits per heavy atom. The average Bonchev–Trinajstić information content (AvgIpc) is 2.74. The molecule has 164 valence electrons. The van der Waals surface area contributed by atoms with Gasteiger partial charge < -0.3 is 10.6 Å². The summed E-state index contributed by atoms with van der Waals surface area (Å²) >= 11 is 0. The van der Waals surface area contributed by atoms with Crippen LogP contribution in [0, 0.1) is 6.92 Å². The second kappa shape index (κ2) is 12.4. The molecule has 0 heterocycles. The summed E-state index contributed by atoms with van der Waals surface area (Å²) in [6.07, 6.45) is 9.36. The van der Waals surface area contributed by atoms with Gasteiger partial charge >= 0.3 is 0 Å². The van der Waals surface area contributed by atoms with Gasteiger partial charge in [-0.05, 0) is 85.6 Å². The van der Waals surface area contributed by atoms with E-state index in [9.17, 15) is 0 Å². The molecule has 0 saturated heterocycles. The number of hydrogen-bond acceptors (Lipinski definition) is 2. The first kappa shape index (κ1) is 25.8. The zero-order chi connectivity index (χ0) is 23.6. The number of rotatable bonds is 12. The van der Waals surface area contributed by atoms with Gasteiger partial charge in [-0.25, -0.2) is 0 Å². The van der Waals surface area contributed by atoms with Crippen LogP contribution < -0.4 is 10.6 Å². The molecule has 1 aromatic rings. The lowest BCUT2D eigenvalue weighted by atomic mass is 9.92. The minimum Gasteiger partial charge on any atom is -0.393 e. The number of nitrogens with one attached hydrogen (secondary N) is 2. The van der Waals surface area contributed by atoms with E-state index in [2.05, 4.69) is 82.5 Å². The summed E-state index contributed by atoms with van der Waals surface area (Å²) in [4.78, 5) is 0. The predicted molar refractivity (Wildman–Crippen MR) is 141 cm³/mol. The molecule has 31 heavy (non-hydrogen) atoms. The third-order valence-electron chi connectivity index (χ3n) is 5.41. The van der Waals surface area contributed by atoms with E-state index in [0.29, 0.717) is 0 Å². The Balaban J connectivity index is 3.13. The molecular formula is C29H38N2. The molecule has 1 aromatic carbocycles. The van der Waals surface area contributed by atoms with E-state index in [-0.39, 0.29) is 0 Å². The Bertz CT molecular complexity index is 964. The van der Waals surface area contributed by atoms with Crippen molar-refractivity contribution in [3.05, 3.63) is 120 Å². The van der Waals surface area contributed by atoms with Gasteiger partial charge in [0.1, 0.15) is 0 Å². The van der Waals surface area contributed by atoms with Crippen molar-refractivity contribution in [2.75, 3.05) is 12.4 Å². The third-order valence-corrected chi connectivity index (χ3v) is 5.41. The summed E-state index contributed by atoms with van der Waals surface area (Å²) in [6, 6.07) is 6.32. The standard InChI is InChI=1S/C29H38N2/c1-11-13-26(12-2)16-14-21(5)28(19-30-10)24(8)23(7)25(9)31-29-18-27(20(3)4)17-15-22(29)6/h11-13,15,17-19,30-31H,1-3,5,9,14,16H2,4,6-8,10H3/b24-23+,26-13+,28-19-. The maximum Gasteiger partial charge on any atom is 0.0419 e. The lowest BCUT2D eigenvalue weighted by molar-refractivity contribution is 0.946. The predicted octanol–water partition coefficient (Wildman–Crippen LogP) is 8.03. The molecule has 0 aliphatic heterocycles. The van der Waals surface area contributed by atoms with Gasteiger partial charge in [0.05, 0.1) is 0 Å². The van der Waals surface area contributed by atoms with Crippen LogP contribution in [0.3, 0.4) is 0 Å². The van der Waals surface area contributed by atoms with Crippen molar-refractivity contribution in [1.29, 1.82) is 0 Å². The minimum absolute atomic E-state index is 0.837. The maximum atomic E-state index is 4.34. The molecule has 0 aliphatic carbocycles. The van der Waals surface area contributed by atoms with Crippen molar-refractivity contribution in [2.24, 2.45) is 0 Å². The lowest BCUT2D eigenvalue weighted by Gasteiger charge is -2.19. The number of benzene rings is 1. The number of allylic oxidation sites excluding steroid dienone is 9. The molecule has 0 atom stereocenters. The first-order valence-corrected chi connectivity index (χ1v) is 10.6. The summed E-state index contributed by atoms with van der Waals surface area (Å²) in [5, 5.41) is 6.66. The number of hydrogen-bond donors (Lipinski definition) is 2. The molecule has 0 fully saturated rings. The van der Waals surface area contributed by atoms with Gasteiger partial charge in [0, 0.05) is 24.6 Å². The molecule has 2 N–H and O–H groups in total.